The first-order chi connectivity index (χ1) is 13.4. The highest BCUT2D eigenvalue weighted by Gasteiger charge is 2.39. The summed E-state index contributed by atoms with van der Waals surface area (Å²) < 4.78 is 1.98. The zero-order chi connectivity index (χ0) is 20.3. The Hall–Kier alpha value is -2.05. The summed E-state index contributed by atoms with van der Waals surface area (Å²) in [7, 11) is 5.56. The molecule has 2 N–H and O–H groups in total. The van der Waals surface area contributed by atoms with Gasteiger partial charge in [-0.3, -0.25) is 9.48 Å². The molecule has 2 aliphatic carbocycles. The van der Waals surface area contributed by atoms with E-state index in [0.29, 0.717) is 12.6 Å². The van der Waals surface area contributed by atoms with E-state index < -0.39 is 0 Å². The quantitative estimate of drug-likeness (QED) is 0.552. The van der Waals surface area contributed by atoms with Gasteiger partial charge in [0.1, 0.15) is 0 Å². The Balaban J connectivity index is 1.74. The lowest BCUT2D eigenvalue weighted by atomic mass is 9.95. The number of amides is 1. The van der Waals surface area contributed by atoms with Crippen LogP contribution in [0.3, 0.4) is 0 Å². The van der Waals surface area contributed by atoms with Crippen molar-refractivity contribution in [1.82, 2.24) is 25.3 Å². The van der Waals surface area contributed by atoms with Gasteiger partial charge in [-0.1, -0.05) is 20.3 Å². The maximum atomic E-state index is 12.1. The molecule has 0 spiro atoms. The van der Waals surface area contributed by atoms with Gasteiger partial charge in [-0.2, -0.15) is 5.10 Å². The number of nitrogens with zero attached hydrogens (tertiary/aromatic N) is 4. The molecule has 2 aliphatic rings. The number of fused-ring (bicyclic) bond motifs is 2. The molecule has 2 saturated carbocycles. The van der Waals surface area contributed by atoms with Crippen LogP contribution in [0.2, 0.25) is 0 Å². The summed E-state index contributed by atoms with van der Waals surface area (Å²) in [4.78, 5) is 18.5. The fourth-order valence-electron chi connectivity index (χ4n) is 4.80. The Bertz CT molecular complexity index is 723. The highest BCUT2D eigenvalue weighted by molar-refractivity contribution is 5.86. The number of guanidine groups is 1. The van der Waals surface area contributed by atoms with Gasteiger partial charge in [0, 0.05) is 38.4 Å². The number of nitrogens with one attached hydrogen (secondary N) is 2. The van der Waals surface area contributed by atoms with Crippen LogP contribution in [0, 0.1) is 11.8 Å². The summed E-state index contributed by atoms with van der Waals surface area (Å²) in [6.07, 6.45) is 7.09. The van der Waals surface area contributed by atoms with E-state index in [2.05, 4.69) is 29.6 Å². The summed E-state index contributed by atoms with van der Waals surface area (Å²) in [6.45, 7) is 5.14. The normalized spacial score (nSPS) is 23.9. The SMILES string of the molecule is CCc1nn(C)c(CC)c1CN=C(NCC(=O)N(C)C)NC1CC2CCC1C2. The monoisotopic (exact) mass is 388 g/mol. The molecule has 1 heterocycles. The molecule has 7 nitrogen and oxygen atoms in total. The molecule has 2 bridgehead atoms. The number of carbonyl (C=O) groups excluding carboxylic acids is 1. The molecule has 0 aromatic carbocycles. The molecule has 156 valence electrons. The van der Waals surface area contributed by atoms with Gasteiger partial charge < -0.3 is 15.5 Å². The first-order valence-electron chi connectivity index (χ1n) is 10.7. The van der Waals surface area contributed by atoms with Gasteiger partial charge >= 0.3 is 0 Å². The molecular formula is C21H36N6O. The number of aryl methyl sites for hydroxylation is 2. The maximum Gasteiger partial charge on any atom is 0.241 e. The van der Waals surface area contributed by atoms with E-state index in [0.717, 1.165) is 36.3 Å². The smallest absolute Gasteiger partial charge is 0.241 e. The Morgan fingerprint density at radius 1 is 1.25 bits per heavy atom. The van der Waals surface area contributed by atoms with Crippen LogP contribution in [-0.2, 0) is 31.2 Å². The zero-order valence-corrected chi connectivity index (χ0v) is 18.1. The Labute approximate surface area is 169 Å². The van der Waals surface area contributed by atoms with Crippen molar-refractivity contribution >= 4 is 11.9 Å². The summed E-state index contributed by atoms with van der Waals surface area (Å²) in [5.74, 6) is 2.41. The molecular weight excluding hydrogens is 352 g/mol. The lowest BCUT2D eigenvalue weighted by Gasteiger charge is -2.25. The third-order valence-electron chi connectivity index (χ3n) is 6.39. The Morgan fingerprint density at radius 3 is 2.61 bits per heavy atom. The van der Waals surface area contributed by atoms with E-state index in [1.165, 1.54) is 36.9 Å². The van der Waals surface area contributed by atoms with Crippen molar-refractivity contribution in [1.29, 1.82) is 0 Å². The van der Waals surface area contributed by atoms with Crippen molar-refractivity contribution in [2.75, 3.05) is 20.6 Å². The number of aromatic nitrogens is 2. The molecule has 0 radical (unpaired) electrons. The van der Waals surface area contributed by atoms with E-state index >= 15 is 0 Å². The molecule has 1 aromatic heterocycles. The lowest BCUT2D eigenvalue weighted by molar-refractivity contribution is -0.127. The number of likely N-dealkylation sites (N-methyl/N-ethyl adjacent to an activating group) is 1. The van der Waals surface area contributed by atoms with Crippen molar-refractivity contribution in [2.24, 2.45) is 23.9 Å². The lowest BCUT2D eigenvalue weighted by Crippen LogP contribution is -2.48. The van der Waals surface area contributed by atoms with E-state index in [9.17, 15) is 4.79 Å². The van der Waals surface area contributed by atoms with E-state index in [1.807, 2.05) is 11.7 Å². The molecule has 1 aromatic rings. The first-order valence-corrected chi connectivity index (χ1v) is 10.7. The first kappa shape index (κ1) is 20.7. The molecule has 0 saturated heterocycles. The fraction of sp³-hybridized carbons (Fsp3) is 0.762. The molecule has 3 unspecified atom stereocenters. The molecule has 7 heteroatoms. The maximum absolute atomic E-state index is 12.1. The van der Waals surface area contributed by atoms with Gasteiger partial charge in [0.05, 0.1) is 18.8 Å². The van der Waals surface area contributed by atoms with Gasteiger partial charge in [0.2, 0.25) is 5.91 Å². The average molecular weight is 389 g/mol. The second kappa shape index (κ2) is 8.97. The minimum absolute atomic E-state index is 0.0484. The number of rotatable bonds is 7. The van der Waals surface area contributed by atoms with E-state index in [1.54, 1.807) is 19.0 Å². The third kappa shape index (κ3) is 4.50. The largest absolute Gasteiger partial charge is 0.353 e. The predicted octanol–water partition coefficient (Wildman–Crippen LogP) is 1.86. The molecule has 1 amide bonds. The topological polar surface area (TPSA) is 74.5 Å². The highest BCUT2D eigenvalue weighted by atomic mass is 16.2. The fourth-order valence-corrected chi connectivity index (χ4v) is 4.80. The molecule has 2 fully saturated rings. The van der Waals surface area contributed by atoms with Gasteiger partial charge in [-0.15, -0.1) is 0 Å². The van der Waals surface area contributed by atoms with Gasteiger partial charge in [-0.25, -0.2) is 4.99 Å². The zero-order valence-electron chi connectivity index (χ0n) is 18.1. The van der Waals surface area contributed by atoms with Gasteiger partial charge in [-0.05, 0) is 43.9 Å². The third-order valence-corrected chi connectivity index (χ3v) is 6.39. The summed E-state index contributed by atoms with van der Waals surface area (Å²) >= 11 is 0. The van der Waals surface area contributed by atoms with Gasteiger partial charge in [0.15, 0.2) is 5.96 Å². The van der Waals surface area contributed by atoms with Crippen LogP contribution in [0.5, 0.6) is 0 Å². The van der Waals surface area contributed by atoms with Crippen LogP contribution >= 0.6 is 0 Å². The second-order valence-electron chi connectivity index (χ2n) is 8.43. The van der Waals surface area contributed by atoms with Crippen molar-refractivity contribution in [3.05, 3.63) is 17.0 Å². The van der Waals surface area contributed by atoms with E-state index in [4.69, 9.17) is 4.99 Å². The van der Waals surface area contributed by atoms with Crippen LogP contribution in [0.1, 0.15) is 56.5 Å². The van der Waals surface area contributed by atoms with Crippen molar-refractivity contribution < 1.29 is 4.79 Å². The predicted molar refractivity (Wildman–Crippen MR) is 112 cm³/mol. The highest BCUT2D eigenvalue weighted by Crippen LogP contribution is 2.44. The average Bonchev–Trinajstić information content (AvgIpc) is 3.37. The summed E-state index contributed by atoms with van der Waals surface area (Å²) in [6, 6.07) is 0.477. The molecule has 3 rings (SSSR count). The van der Waals surface area contributed by atoms with Crippen LogP contribution < -0.4 is 10.6 Å². The summed E-state index contributed by atoms with van der Waals surface area (Å²) in [5, 5.41) is 11.5. The second-order valence-corrected chi connectivity index (χ2v) is 8.43. The minimum atomic E-state index is 0.0484. The van der Waals surface area contributed by atoms with E-state index in [-0.39, 0.29) is 12.5 Å². The summed E-state index contributed by atoms with van der Waals surface area (Å²) in [5.41, 5.74) is 3.58. The Kier molecular flexibility index (Phi) is 6.62. The van der Waals surface area contributed by atoms with Gasteiger partial charge in [0.25, 0.3) is 0 Å². The number of hydrogen-bond acceptors (Lipinski definition) is 3. The van der Waals surface area contributed by atoms with Crippen LogP contribution in [0.25, 0.3) is 0 Å². The number of hydrogen-bond donors (Lipinski definition) is 2. The van der Waals surface area contributed by atoms with Crippen molar-refractivity contribution in [2.45, 2.75) is 65.0 Å². The van der Waals surface area contributed by atoms with Crippen LogP contribution in [-0.4, -0.2) is 53.2 Å². The standard InChI is InChI=1S/C21H36N6O/c1-6-17-16(19(7-2)27(5)25-17)12-22-21(23-13-20(28)26(3)4)24-18-11-14-8-9-15(18)10-14/h14-15,18H,6-13H2,1-5H3,(H2,22,23,24). The molecule has 0 aliphatic heterocycles. The minimum Gasteiger partial charge on any atom is -0.353 e. The number of carbonyl (C=O) groups is 1. The molecule has 28 heavy (non-hydrogen) atoms. The van der Waals surface area contributed by atoms with Crippen molar-refractivity contribution in [3.8, 4) is 0 Å². The molecule has 3 atom stereocenters. The van der Waals surface area contributed by atoms with Crippen LogP contribution in [0.15, 0.2) is 4.99 Å². The number of aliphatic imine (C=N–C) groups is 1. The van der Waals surface area contributed by atoms with Crippen molar-refractivity contribution in [3.63, 3.8) is 0 Å². The Morgan fingerprint density at radius 2 is 2.04 bits per heavy atom. The van der Waals surface area contributed by atoms with Crippen LogP contribution in [0.4, 0.5) is 0 Å².